The largest absolute Gasteiger partial charge is 0.508 e. The first-order valence-corrected chi connectivity index (χ1v) is 14.1. The van der Waals surface area contributed by atoms with E-state index in [2.05, 4.69) is 10.6 Å². The summed E-state index contributed by atoms with van der Waals surface area (Å²) in [4.78, 5) is 24.9. The van der Waals surface area contributed by atoms with Gasteiger partial charge in [0.05, 0.1) is 24.9 Å². The number of hydrogen-bond acceptors (Lipinski definition) is 7. The molecule has 0 saturated carbocycles. The maximum atomic E-state index is 11.9. The van der Waals surface area contributed by atoms with Crippen LogP contribution in [0.2, 0.25) is 0 Å². The predicted octanol–water partition coefficient (Wildman–Crippen LogP) is 3.94. The number of nitrogens with zero attached hydrogens (tertiary/aromatic N) is 1. The molecular weight excluding hydrogens is 498 g/mol. The molecule has 3 amide bonds. The number of imide groups is 1. The highest BCUT2D eigenvalue weighted by Crippen LogP contribution is 2.22. The van der Waals surface area contributed by atoms with E-state index in [1.54, 1.807) is 18.2 Å². The van der Waals surface area contributed by atoms with Gasteiger partial charge in [-0.25, -0.2) is 9.69 Å². The molecule has 0 radical (unpaired) electrons. The molecule has 214 valence electrons. The predicted molar refractivity (Wildman–Crippen MR) is 151 cm³/mol. The van der Waals surface area contributed by atoms with Crippen molar-refractivity contribution < 1.29 is 29.6 Å². The maximum Gasteiger partial charge on any atom is 0.329 e. The van der Waals surface area contributed by atoms with Crippen LogP contribution in [0.15, 0.2) is 42.5 Å². The molecule has 2 aromatic carbocycles. The number of nitrogens with one attached hydrogen (secondary N) is 2. The molecule has 1 atom stereocenters. The van der Waals surface area contributed by atoms with Crippen LogP contribution in [0.5, 0.6) is 5.75 Å². The molecule has 1 fully saturated rings. The smallest absolute Gasteiger partial charge is 0.329 e. The number of urea groups is 1. The highest BCUT2D eigenvalue weighted by Gasteiger charge is 2.29. The van der Waals surface area contributed by atoms with Crippen LogP contribution in [0.4, 0.5) is 10.5 Å². The lowest BCUT2D eigenvalue weighted by atomic mass is 10.1. The summed E-state index contributed by atoms with van der Waals surface area (Å²) in [5.74, 6) is -0.178. The quantitative estimate of drug-likeness (QED) is 0.134. The van der Waals surface area contributed by atoms with Gasteiger partial charge in [-0.1, -0.05) is 43.9 Å². The van der Waals surface area contributed by atoms with Gasteiger partial charge in [-0.15, -0.1) is 0 Å². The third-order valence-electron chi connectivity index (χ3n) is 6.90. The molecule has 1 heterocycles. The Labute approximate surface area is 231 Å². The molecule has 0 aliphatic carbocycles. The Morgan fingerprint density at radius 3 is 2.41 bits per heavy atom. The number of benzene rings is 2. The van der Waals surface area contributed by atoms with Crippen molar-refractivity contribution in [3.8, 4) is 5.75 Å². The number of aliphatic hydroxyl groups is 2. The van der Waals surface area contributed by atoms with Crippen molar-refractivity contribution in [1.29, 1.82) is 0 Å². The van der Waals surface area contributed by atoms with Gasteiger partial charge in [0.1, 0.15) is 5.75 Å². The maximum absolute atomic E-state index is 11.9. The van der Waals surface area contributed by atoms with E-state index in [1.807, 2.05) is 18.2 Å². The second-order valence-corrected chi connectivity index (χ2v) is 10.0. The Morgan fingerprint density at radius 1 is 0.949 bits per heavy atom. The molecule has 0 spiro atoms. The molecule has 9 heteroatoms. The van der Waals surface area contributed by atoms with Gasteiger partial charge in [-0.3, -0.25) is 4.79 Å². The van der Waals surface area contributed by atoms with Crippen molar-refractivity contribution >= 4 is 17.6 Å². The average Bonchev–Trinajstić information content (AvgIpc) is 3.28. The van der Waals surface area contributed by atoms with Crippen LogP contribution in [0.3, 0.4) is 0 Å². The van der Waals surface area contributed by atoms with Crippen LogP contribution in [-0.2, 0) is 22.6 Å². The van der Waals surface area contributed by atoms with Crippen LogP contribution in [0.1, 0.15) is 74.2 Å². The van der Waals surface area contributed by atoms with Crippen LogP contribution in [-0.4, -0.2) is 60.1 Å². The molecule has 2 aromatic rings. The standard InChI is InChI=1S/C30H43N3O6/c34-22-25-19-24(13-14-27(25)35)28(36)20-31-15-6-2-4-8-17-39-16-7-3-1-5-10-23-11-9-12-26(18-23)33-29(37)21-32-30(33)38/h9,11-14,18-19,28,31,34-36H,1-8,10,15-17,20-22H2,(H,32,38)/t28-/m0/s1. The SMILES string of the molecule is O=C1CNC(=O)N1c1cccc(CCCCCCOCCCCCCNC[C@H](O)c2ccc(O)c(CO)c2)c1. The molecule has 9 nitrogen and oxygen atoms in total. The van der Waals surface area contributed by atoms with E-state index in [0.717, 1.165) is 83.1 Å². The lowest BCUT2D eigenvalue weighted by molar-refractivity contribution is -0.115. The fourth-order valence-electron chi connectivity index (χ4n) is 4.63. The number of unbranched alkanes of at least 4 members (excludes halogenated alkanes) is 6. The number of phenols is 1. The number of carbonyl (C=O) groups is 2. The summed E-state index contributed by atoms with van der Waals surface area (Å²) in [6, 6.07) is 12.1. The molecule has 3 rings (SSSR count). The molecule has 0 bridgehead atoms. The van der Waals surface area contributed by atoms with Gasteiger partial charge in [0.2, 0.25) is 0 Å². The number of carbonyl (C=O) groups excluding carboxylic acids is 2. The topological polar surface area (TPSA) is 131 Å². The first-order chi connectivity index (χ1) is 19.0. The number of ether oxygens (including phenoxy) is 1. The molecule has 1 aliphatic heterocycles. The minimum Gasteiger partial charge on any atom is -0.508 e. The van der Waals surface area contributed by atoms with E-state index in [0.29, 0.717) is 23.4 Å². The minimum atomic E-state index is -0.674. The van der Waals surface area contributed by atoms with Gasteiger partial charge in [0.25, 0.3) is 5.91 Å². The summed E-state index contributed by atoms with van der Waals surface area (Å²) in [6.07, 6.45) is 8.92. The number of hydrogen-bond donors (Lipinski definition) is 5. The van der Waals surface area contributed by atoms with Crippen molar-refractivity contribution in [2.45, 2.75) is 70.5 Å². The molecule has 0 aromatic heterocycles. The summed E-state index contributed by atoms with van der Waals surface area (Å²) in [6.45, 7) is 2.65. The van der Waals surface area contributed by atoms with E-state index < -0.39 is 6.10 Å². The second kappa shape index (κ2) is 16.9. The normalized spacial score (nSPS) is 14.2. The number of anilines is 1. The van der Waals surface area contributed by atoms with Gasteiger partial charge in [0.15, 0.2) is 0 Å². The zero-order chi connectivity index (χ0) is 27.9. The number of aromatic hydroxyl groups is 1. The van der Waals surface area contributed by atoms with Crippen molar-refractivity contribution in [3.63, 3.8) is 0 Å². The summed E-state index contributed by atoms with van der Waals surface area (Å²) >= 11 is 0. The van der Waals surface area contributed by atoms with Gasteiger partial charge in [-0.2, -0.15) is 0 Å². The van der Waals surface area contributed by atoms with Gasteiger partial charge in [-0.05, 0) is 74.0 Å². The highest BCUT2D eigenvalue weighted by molar-refractivity contribution is 6.19. The van der Waals surface area contributed by atoms with Gasteiger partial charge < -0.3 is 30.7 Å². The average molecular weight is 542 g/mol. The van der Waals surface area contributed by atoms with E-state index in [4.69, 9.17) is 4.74 Å². The number of rotatable bonds is 19. The third-order valence-corrected chi connectivity index (χ3v) is 6.90. The van der Waals surface area contributed by atoms with Crippen LogP contribution >= 0.6 is 0 Å². The van der Waals surface area contributed by atoms with Crippen LogP contribution in [0.25, 0.3) is 0 Å². The number of aryl methyl sites for hydroxylation is 1. The molecule has 1 saturated heterocycles. The van der Waals surface area contributed by atoms with E-state index in [-0.39, 0.29) is 30.8 Å². The zero-order valence-corrected chi connectivity index (χ0v) is 22.7. The molecule has 0 unspecified atom stereocenters. The third kappa shape index (κ3) is 10.3. The Bertz CT molecular complexity index is 1030. The number of aliphatic hydroxyl groups excluding tert-OH is 2. The Kier molecular flexibility index (Phi) is 13.2. The first kappa shape index (κ1) is 30.6. The van der Waals surface area contributed by atoms with Crippen molar-refractivity contribution in [2.75, 3.05) is 37.7 Å². The molecule has 39 heavy (non-hydrogen) atoms. The highest BCUT2D eigenvalue weighted by atomic mass is 16.5. The second-order valence-electron chi connectivity index (χ2n) is 10.0. The van der Waals surface area contributed by atoms with Crippen molar-refractivity contribution in [2.24, 2.45) is 0 Å². The summed E-state index contributed by atoms with van der Waals surface area (Å²) < 4.78 is 5.77. The Hall–Kier alpha value is -2.98. The fraction of sp³-hybridized carbons (Fsp3) is 0.533. The van der Waals surface area contributed by atoms with Crippen molar-refractivity contribution in [3.05, 3.63) is 59.2 Å². The number of amides is 3. The Balaban J connectivity index is 1.12. The van der Waals surface area contributed by atoms with Gasteiger partial charge in [0, 0.05) is 25.3 Å². The van der Waals surface area contributed by atoms with Crippen molar-refractivity contribution in [1.82, 2.24) is 10.6 Å². The summed E-state index contributed by atoms with van der Waals surface area (Å²) in [5, 5.41) is 34.9. The van der Waals surface area contributed by atoms with Crippen LogP contribution < -0.4 is 15.5 Å². The first-order valence-electron chi connectivity index (χ1n) is 14.1. The summed E-state index contributed by atoms with van der Waals surface area (Å²) in [7, 11) is 0. The van der Waals surface area contributed by atoms with E-state index >= 15 is 0 Å². The van der Waals surface area contributed by atoms with Gasteiger partial charge >= 0.3 is 6.03 Å². The summed E-state index contributed by atoms with van der Waals surface area (Å²) in [5.41, 5.74) is 2.87. The monoisotopic (exact) mass is 541 g/mol. The lowest BCUT2D eigenvalue weighted by Gasteiger charge is -2.14. The molecule has 5 N–H and O–H groups in total. The molecule has 1 aliphatic rings. The molecular formula is C30H43N3O6. The van der Waals surface area contributed by atoms with Crippen LogP contribution in [0, 0.1) is 0 Å². The van der Waals surface area contributed by atoms with E-state index in [9.17, 15) is 24.9 Å². The lowest BCUT2D eigenvalue weighted by Crippen LogP contribution is -2.30. The van der Waals surface area contributed by atoms with E-state index in [1.165, 1.54) is 11.0 Å². The zero-order valence-electron chi connectivity index (χ0n) is 22.7. The fourth-order valence-corrected chi connectivity index (χ4v) is 4.63. The minimum absolute atomic E-state index is 0.0381. The Morgan fingerprint density at radius 2 is 1.69 bits per heavy atom.